The van der Waals surface area contributed by atoms with E-state index in [0.717, 1.165) is 12.8 Å². The lowest BCUT2D eigenvalue weighted by Crippen LogP contribution is -2.48. The molecular weight excluding hydrogens is 444 g/mol. The van der Waals surface area contributed by atoms with Crippen molar-refractivity contribution < 1.29 is 14.3 Å². The van der Waals surface area contributed by atoms with E-state index >= 15 is 0 Å². The SMILES string of the molecule is C=C[C@H]1O[C@H]2C/C=C\C[C@H](C(=O)C#C[Si](C(C)C)(C(C)C)C(C)C)O[C@H]2C[C@@H]1Br. The molecule has 3 nitrogen and oxygen atoms in total. The maximum Gasteiger partial charge on any atom is 0.233 e. The van der Waals surface area contributed by atoms with Gasteiger partial charge in [0.15, 0.2) is 0 Å². The van der Waals surface area contributed by atoms with Gasteiger partial charge in [0.2, 0.25) is 5.78 Å². The highest BCUT2D eigenvalue weighted by Gasteiger charge is 2.42. The summed E-state index contributed by atoms with van der Waals surface area (Å²) in [5.74, 6) is 2.97. The molecule has 0 aromatic carbocycles. The van der Waals surface area contributed by atoms with Crippen molar-refractivity contribution in [2.75, 3.05) is 0 Å². The van der Waals surface area contributed by atoms with Crippen molar-refractivity contribution in [2.45, 2.75) is 107 Å². The standard InChI is InChI=1S/C24H37BrO3Si/c1-8-21-19(25)15-24-23(27-21)12-10-9-11-22(28-24)20(26)13-14-29(16(2)3,17(4)5)18(6)7/h8-10,16-19,21-24H,1,11-12,15H2,2-7H3/b10-9-/t19-,21+,22+,23-,24-/m0/s1. The number of carbonyl (C=O) groups excluding carboxylic acids is 1. The minimum Gasteiger partial charge on any atom is -0.367 e. The number of ketones is 1. The van der Waals surface area contributed by atoms with Gasteiger partial charge in [0.1, 0.15) is 14.2 Å². The number of fused-ring (bicyclic) bond motifs is 1. The Hall–Kier alpha value is -0.673. The van der Waals surface area contributed by atoms with Crippen LogP contribution in [0.2, 0.25) is 16.6 Å². The summed E-state index contributed by atoms with van der Waals surface area (Å²) in [5.41, 5.74) is 5.05. The Morgan fingerprint density at radius 3 is 2.21 bits per heavy atom. The van der Waals surface area contributed by atoms with E-state index in [1.165, 1.54) is 0 Å². The molecule has 0 N–H and O–H groups in total. The van der Waals surface area contributed by atoms with E-state index in [1.54, 1.807) is 0 Å². The molecule has 0 amide bonds. The molecule has 1 saturated heterocycles. The molecule has 0 spiro atoms. The van der Waals surface area contributed by atoms with Gasteiger partial charge >= 0.3 is 0 Å². The second-order valence-electron chi connectivity index (χ2n) is 9.24. The van der Waals surface area contributed by atoms with Crippen LogP contribution in [-0.2, 0) is 14.3 Å². The maximum atomic E-state index is 13.1. The molecule has 2 heterocycles. The van der Waals surface area contributed by atoms with E-state index in [0.29, 0.717) is 23.0 Å². The zero-order chi connectivity index (χ0) is 21.8. The third-order valence-electron chi connectivity index (χ3n) is 6.58. The van der Waals surface area contributed by atoms with Crippen LogP contribution in [0.5, 0.6) is 0 Å². The highest BCUT2D eigenvalue weighted by molar-refractivity contribution is 9.09. The number of halogens is 1. The molecule has 0 bridgehead atoms. The van der Waals surface area contributed by atoms with E-state index in [9.17, 15) is 4.79 Å². The van der Waals surface area contributed by atoms with Gasteiger partial charge in [-0.3, -0.25) is 4.79 Å². The molecule has 0 aromatic heterocycles. The summed E-state index contributed by atoms with van der Waals surface area (Å²) >= 11 is 3.68. The first kappa shape index (κ1) is 24.6. The van der Waals surface area contributed by atoms with Gasteiger partial charge in [-0.05, 0) is 41.8 Å². The lowest BCUT2D eigenvalue weighted by atomic mass is 9.96. The normalized spacial score (nSPS) is 31.4. The van der Waals surface area contributed by atoms with E-state index in [1.807, 2.05) is 12.2 Å². The largest absolute Gasteiger partial charge is 0.367 e. The van der Waals surface area contributed by atoms with Crippen molar-refractivity contribution in [1.82, 2.24) is 0 Å². The van der Waals surface area contributed by atoms with Gasteiger partial charge in [-0.2, -0.15) is 0 Å². The van der Waals surface area contributed by atoms with Crippen molar-refractivity contribution in [1.29, 1.82) is 0 Å². The zero-order valence-electron chi connectivity index (χ0n) is 18.8. The predicted octanol–water partition coefficient (Wildman–Crippen LogP) is 5.99. The number of carbonyl (C=O) groups is 1. The van der Waals surface area contributed by atoms with Crippen LogP contribution >= 0.6 is 15.9 Å². The summed E-state index contributed by atoms with van der Waals surface area (Å²) < 4.78 is 12.4. The molecule has 2 rings (SSSR count). The highest BCUT2D eigenvalue weighted by atomic mass is 79.9. The fourth-order valence-electron chi connectivity index (χ4n) is 5.01. The molecule has 2 aliphatic heterocycles. The number of Topliss-reactive ketones (excluding diaryl/α,β-unsaturated/α-hetero) is 1. The number of hydrogen-bond acceptors (Lipinski definition) is 3. The maximum absolute atomic E-state index is 13.1. The zero-order valence-corrected chi connectivity index (χ0v) is 21.4. The fraction of sp³-hybridized carbons (Fsp3) is 0.708. The van der Waals surface area contributed by atoms with Crippen LogP contribution in [0.3, 0.4) is 0 Å². The van der Waals surface area contributed by atoms with E-state index in [-0.39, 0.29) is 28.9 Å². The second kappa shape index (κ2) is 10.6. The third-order valence-corrected chi connectivity index (χ3v) is 13.8. The second-order valence-corrected chi connectivity index (χ2v) is 16.0. The molecule has 29 heavy (non-hydrogen) atoms. The van der Waals surface area contributed by atoms with Gasteiger partial charge in [0, 0.05) is 4.83 Å². The molecule has 0 aliphatic carbocycles. The average molecular weight is 482 g/mol. The fourth-order valence-corrected chi connectivity index (χ4v) is 10.9. The summed E-state index contributed by atoms with van der Waals surface area (Å²) in [5, 5.41) is 0. The summed E-state index contributed by atoms with van der Waals surface area (Å²) in [6, 6.07) is 0. The average Bonchev–Trinajstić information content (AvgIpc) is 2.62. The Kier molecular flexibility index (Phi) is 8.97. The first-order valence-electron chi connectivity index (χ1n) is 10.9. The molecule has 162 valence electrons. The molecule has 2 aliphatic rings. The molecular formula is C24H37BrO3Si. The summed E-state index contributed by atoms with van der Waals surface area (Å²) in [7, 11) is -1.93. The summed E-state index contributed by atoms with van der Waals surface area (Å²) in [4.78, 5) is 13.2. The lowest BCUT2D eigenvalue weighted by Gasteiger charge is -2.40. The number of rotatable bonds is 5. The lowest BCUT2D eigenvalue weighted by molar-refractivity contribution is -0.154. The van der Waals surface area contributed by atoms with Crippen molar-refractivity contribution in [3.63, 3.8) is 0 Å². The Morgan fingerprint density at radius 2 is 1.66 bits per heavy atom. The first-order valence-corrected chi connectivity index (χ1v) is 14.1. The van der Waals surface area contributed by atoms with Gasteiger partial charge in [-0.15, -0.1) is 12.1 Å². The van der Waals surface area contributed by atoms with Crippen molar-refractivity contribution in [3.8, 4) is 11.5 Å². The van der Waals surface area contributed by atoms with Gasteiger partial charge in [-0.25, -0.2) is 0 Å². The molecule has 0 unspecified atom stereocenters. The van der Waals surface area contributed by atoms with Crippen LogP contribution in [0, 0.1) is 11.5 Å². The first-order chi connectivity index (χ1) is 13.6. The summed E-state index contributed by atoms with van der Waals surface area (Å²) in [6.45, 7) is 17.4. The number of hydrogen-bond donors (Lipinski definition) is 0. The van der Waals surface area contributed by atoms with Crippen LogP contribution in [0.15, 0.2) is 24.8 Å². The molecule has 5 atom stereocenters. The van der Waals surface area contributed by atoms with E-state index < -0.39 is 14.2 Å². The Morgan fingerprint density at radius 1 is 1.07 bits per heavy atom. The van der Waals surface area contributed by atoms with Crippen molar-refractivity contribution >= 4 is 29.8 Å². The monoisotopic (exact) mass is 480 g/mol. The van der Waals surface area contributed by atoms with E-state index in [2.05, 4.69) is 81.6 Å². The number of alkyl halides is 1. The van der Waals surface area contributed by atoms with Crippen LogP contribution in [0.1, 0.15) is 60.8 Å². The predicted molar refractivity (Wildman–Crippen MR) is 127 cm³/mol. The van der Waals surface area contributed by atoms with Gasteiger partial charge in [-0.1, -0.05) is 75.7 Å². The number of ether oxygens (including phenoxy) is 2. The highest BCUT2D eigenvalue weighted by Crippen LogP contribution is 2.40. The van der Waals surface area contributed by atoms with Crippen LogP contribution in [0.25, 0.3) is 0 Å². The quantitative estimate of drug-likeness (QED) is 0.210. The Bertz CT molecular complexity index is 652. The topological polar surface area (TPSA) is 35.5 Å². The van der Waals surface area contributed by atoms with Gasteiger partial charge < -0.3 is 9.47 Å². The Labute approximate surface area is 186 Å². The van der Waals surface area contributed by atoms with Gasteiger partial charge in [0.25, 0.3) is 0 Å². The molecule has 0 aromatic rings. The van der Waals surface area contributed by atoms with Crippen LogP contribution in [0.4, 0.5) is 0 Å². The van der Waals surface area contributed by atoms with Crippen LogP contribution < -0.4 is 0 Å². The van der Waals surface area contributed by atoms with Crippen LogP contribution in [-0.4, -0.2) is 43.1 Å². The van der Waals surface area contributed by atoms with Gasteiger partial charge in [0.05, 0.1) is 18.3 Å². The molecule has 5 heteroatoms. The minimum absolute atomic E-state index is 0.0311. The third kappa shape index (κ3) is 5.52. The van der Waals surface area contributed by atoms with Crippen molar-refractivity contribution in [2.24, 2.45) is 0 Å². The minimum atomic E-state index is -1.93. The summed E-state index contributed by atoms with van der Waals surface area (Å²) in [6.07, 6.45) is 7.43. The molecule has 1 fully saturated rings. The molecule has 0 saturated carbocycles. The van der Waals surface area contributed by atoms with Crippen molar-refractivity contribution in [3.05, 3.63) is 24.8 Å². The smallest absolute Gasteiger partial charge is 0.233 e. The Balaban J connectivity index is 2.23. The van der Waals surface area contributed by atoms with E-state index in [4.69, 9.17) is 9.47 Å². The molecule has 0 radical (unpaired) electrons.